The van der Waals surface area contributed by atoms with Crippen molar-refractivity contribution < 1.29 is 4.39 Å². The van der Waals surface area contributed by atoms with E-state index in [1.165, 1.54) is 6.20 Å². The van der Waals surface area contributed by atoms with E-state index in [4.69, 9.17) is 0 Å². The molecule has 1 aromatic carbocycles. The van der Waals surface area contributed by atoms with Crippen LogP contribution in [-0.4, -0.2) is 34.5 Å². The number of nitrogens with one attached hydrogen (secondary N) is 1. The van der Waals surface area contributed by atoms with Gasteiger partial charge < -0.3 is 9.88 Å². The van der Waals surface area contributed by atoms with Gasteiger partial charge in [0, 0.05) is 24.9 Å². The van der Waals surface area contributed by atoms with Crippen molar-refractivity contribution in [2.45, 2.75) is 32.1 Å². The molecule has 0 spiro atoms. The number of piperidine rings is 1. The van der Waals surface area contributed by atoms with E-state index in [1.54, 1.807) is 18.3 Å². The van der Waals surface area contributed by atoms with Gasteiger partial charge in [-0.25, -0.2) is 4.39 Å². The zero-order valence-electron chi connectivity index (χ0n) is 13.9. The van der Waals surface area contributed by atoms with Crippen LogP contribution in [0.2, 0.25) is 0 Å². The molecule has 1 aliphatic heterocycles. The largest absolute Gasteiger partial charge is 0.323 e. The van der Waals surface area contributed by atoms with E-state index >= 15 is 0 Å². The summed E-state index contributed by atoms with van der Waals surface area (Å²) >= 11 is 0. The number of rotatable bonds is 6. The Balaban J connectivity index is 1.39. The van der Waals surface area contributed by atoms with Gasteiger partial charge in [0.25, 0.3) is 5.56 Å². The molecule has 0 unspecified atom stereocenters. The zero-order chi connectivity index (χ0) is 16.8. The molecule has 2 aromatic rings. The minimum atomic E-state index is -0.139. The Labute approximate surface area is 141 Å². The highest BCUT2D eigenvalue weighted by molar-refractivity contribution is 5.17. The summed E-state index contributed by atoms with van der Waals surface area (Å²) < 4.78 is 13.7. The number of halogens is 1. The summed E-state index contributed by atoms with van der Waals surface area (Å²) in [4.78, 5) is 20.4. The summed E-state index contributed by atoms with van der Waals surface area (Å²) in [7, 11) is 0. The average molecular weight is 329 g/mol. The standard InChI is InChI=1S/C19H24FN3O/c20-18-4-2-1-3-16(18)6-5-15-7-10-23(11-8-15)12-9-17-13-21-14-19(24)22-17/h1-4,13-15H,5-12H2,(H,22,24). The van der Waals surface area contributed by atoms with Crippen LogP contribution >= 0.6 is 0 Å². The fraction of sp³-hybridized carbons (Fsp3) is 0.474. The van der Waals surface area contributed by atoms with Gasteiger partial charge in [-0.15, -0.1) is 0 Å². The monoisotopic (exact) mass is 329 g/mol. The molecule has 4 nitrogen and oxygen atoms in total. The van der Waals surface area contributed by atoms with Gasteiger partial charge >= 0.3 is 0 Å². The molecule has 0 bridgehead atoms. The summed E-state index contributed by atoms with van der Waals surface area (Å²) in [5.74, 6) is 0.597. The molecule has 0 atom stereocenters. The number of hydrogen-bond acceptors (Lipinski definition) is 3. The van der Waals surface area contributed by atoms with Gasteiger partial charge in [-0.05, 0) is 56.3 Å². The number of nitrogens with zero attached hydrogens (tertiary/aromatic N) is 2. The predicted molar refractivity (Wildman–Crippen MR) is 92.4 cm³/mol. The van der Waals surface area contributed by atoms with Crippen LogP contribution in [0.15, 0.2) is 41.5 Å². The van der Waals surface area contributed by atoms with Crippen molar-refractivity contribution in [1.29, 1.82) is 0 Å². The molecular formula is C19H24FN3O. The lowest BCUT2D eigenvalue weighted by molar-refractivity contribution is 0.180. The first-order chi connectivity index (χ1) is 11.7. The third kappa shape index (κ3) is 4.74. The van der Waals surface area contributed by atoms with E-state index in [0.717, 1.165) is 63.0 Å². The van der Waals surface area contributed by atoms with Crippen LogP contribution in [0.3, 0.4) is 0 Å². The summed E-state index contributed by atoms with van der Waals surface area (Å²) in [5.41, 5.74) is 1.59. The zero-order valence-corrected chi connectivity index (χ0v) is 13.9. The van der Waals surface area contributed by atoms with Crippen LogP contribution in [0.25, 0.3) is 0 Å². The van der Waals surface area contributed by atoms with Crippen molar-refractivity contribution in [3.8, 4) is 0 Å². The predicted octanol–water partition coefficient (Wildman–Crippen LogP) is 2.80. The number of aryl methyl sites for hydroxylation is 1. The number of benzene rings is 1. The third-order valence-corrected chi connectivity index (χ3v) is 4.89. The Kier molecular flexibility index (Phi) is 5.75. The van der Waals surface area contributed by atoms with Crippen LogP contribution in [0, 0.1) is 11.7 Å². The van der Waals surface area contributed by atoms with Gasteiger partial charge in [0.05, 0.1) is 6.20 Å². The number of H-pyrrole nitrogens is 1. The minimum absolute atomic E-state index is 0.0830. The van der Waals surface area contributed by atoms with E-state index in [9.17, 15) is 9.18 Å². The molecule has 1 fully saturated rings. The second-order valence-electron chi connectivity index (χ2n) is 6.59. The first-order valence-electron chi connectivity index (χ1n) is 8.69. The Bertz CT molecular complexity index is 708. The third-order valence-electron chi connectivity index (χ3n) is 4.89. The molecule has 24 heavy (non-hydrogen) atoms. The number of aromatic amines is 1. The lowest BCUT2D eigenvalue weighted by atomic mass is 9.90. The molecule has 5 heteroatoms. The Morgan fingerprint density at radius 2 is 1.96 bits per heavy atom. The maximum atomic E-state index is 13.7. The van der Waals surface area contributed by atoms with Crippen molar-refractivity contribution in [1.82, 2.24) is 14.9 Å². The molecular weight excluding hydrogens is 305 g/mol. The molecule has 1 aromatic heterocycles. The number of aromatic nitrogens is 2. The summed E-state index contributed by atoms with van der Waals surface area (Å²) in [6.07, 6.45) is 8.06. The van der Waals surface area contributed by atoms with Gasteiger partial charge in [-0.3, -0.25) is 9.78 Å². The molecule has 1 saturated heterocycles. The fourth-order valence-electron chi connectivity index (χ4n) is 3.38. The summed E-state index contributed by atoms with van der Waals surface area (Å²) in [6.45, 7) is 3.10. The van der Waals surface area contributed by atoms with Crippen LogP contribution in [0.1, 0.15) is 30.5 Å². The fourth-order valence-corrected chi connectivity index (χ4v) is 3.38. The minimum Gasteiger partial charge on any atom is -0.323 e. The van der Waals surface area contributed by atoms with Crippen LogP contribution in [0.5, 0.6) is 0 Å². The molecule has 0 aliphatic carbocycles. The van der Waals surface area contributed by atoms with Crippen molar-refractivity contribution in [3.05, 3.63) is 64.1 Å². The van der Waals surface area contributed by atoms with Crippen molar-refractivity contribution >= 4 is 0 Å². The highest BCUT2D eigenvalue weighted by Gasteiger charge is 2.19. The van der Waals surface area contributed by atoms with Gasteiger partial charge in [0.1, 0.15) is 5.82 Å². The first-order valence-corrected chi connectivity index (χ1v) is 8.69. The second kappa shape index (κ2) is 8.20. The van der Waals surface area contributed by atoms with Gasteiger partial charge in [-0.2, -0.15) is 0 Å². The first kappa shape index (κ1) is 16.8. The quantitative estimate of drug-likeness (QED) is 0.886. The number of hydrogen-bond donors (Lipinski definition) is 1. The van der Waals surface area contributed by atoms with Crippen molar-refractivity contribution in [2.75, 3.05) is 19.6 Å². The SMILES string of the molecule is O=c1cncc(CCN2CCC(CCc3ccccc3F)CC2)[nH]1. The lowest BCUT2D eigenvalue weighted by Crippen LogP contribution is -2.35. The maximum absolute atomic E-state index is 13.7. The molecule has 0 saturated carbocycles. The highest BCUT2D eigenvalue weighted by Crippen LogP contribution is 2.23. The molecule has 128 valence electrons. The molecule has 0 amide bonds. The van der Waals surface area contributed by atoms with Crippen LogP contribution in [-0.2, 0) is 12.8 Å². The Hall–Kier alpha value is -2.01. The number of likely N-dealkylation sites (tertiary alicyclic amines) is 1. The van der Waals surface area contributed by atoms with Crippen molar-refractivity contribution in [3.63, 3.8) is 0 Å². The van der Waals surface area contributed by atoms with Gasteiger partial charge in [-0.1, -0.05) is 18.2 Å². The van der Waals surface area contributed by atoms with Crippen molar-refractivity contribution in [2.24, 2.45) is 5.92 Å². The van der Waals surface area contributed by atoms with E-state index in [1.807, 2.05) is 12.1 Å². The maximum Gasteiger partial charge on any atom is 0.266 e. The molecule has 1 N–H and O–H groups in total. The van der Waals surface area contributed by atoms with E-state index in [2.05, 4.69) is 14.9 Å². The smallest absolute Gasteiger partial charge is 0.266 e. The van der Waals surface area contributed by atoms with Gasteiger partial charge in [0.15, 0.2) is 0 Å². The van der Waals surface area contributed by atoms with Crippen LogP contribution in [0.4, 0.5) is 4.39 Å². The normalized spacial score (nSPS) is 16.4. The lowest BCUT2D eigenvalue weighted by Gasteiger charge is -2.32. The molecule has 0 radical (unpaired) electrons. The Morgan fingerprint density at radius 3 is 2.71 bits per heavy atom. The van der Waals surface area contributed by atoms with E-state index in [-0.39, 0.29) is 11.4 Å². The highest BCUT2D eigenvalue weighted by atomic mass is 19.1. The van der Waals surface area contributed by atoms with Gasteiger partial charge in [0.2, 0.25) is 0 Å². The topological polar surface area (TPSA) is 49.0 Å². The van der Waals surface area contributed by atoms with E-state index < -0.39 is 0 Å². The molecule has 2 heterocycles. The Morgan fingerprint density at radius 1 is 1.17 bits per heavy atom. The van der Waals surface area contributed by atoms with Crippen LogP contribution < -0.4 is 5.56 Å². The summed E-state index contributed by atoms with van der Waals surface area (Å²) in [5, 5.41) is 0. The molecule has 3 rings (SSSR count). The second-order valence-corrected chi connectivity index (χ2v) is 6.59. The average Bonchev–Trinajstić information content (AvgIpc) is 2.60. The summed E-state index contributed by atoms with van der Waals surface area (Å²) in [6, 6.07) is 7.08. The molecule has 1 aliphatic rings. The van der Waals surface area contributed by atoms with E-state index in [0.29, 0.717) is 5.92 Å².